The highest BCUT2D eigenvalue weighted by Crippen LogP contribution is 2.14. The smallest absolute Gasteiger partial charge is 0.275 e. The molecule has 1 N–H and O–H groups in total. The Balaban J connectivity index is 1.61. The number of hydrogen-bond donors (Lipinski definition) is 1. The maximum Gasteiger partial charge on any atom is 0.275 e. The third-order valence-corrected chi connectivity index (χ3v) is 5.26. The highest BCUT2D eigenvalue weighted by molar-refractivity contribution is 5.89. The number of carbonyl (C=O) groups is 2. The summed E-state index contributed by atoms with van der Waals surface area (Å²) in [6.45, 7) is 2.43. The van der Waals surface area contributed by atoms with Gasteiger partial charge < -0.3 is 10.2 Å². The molecular weight excluding hydrogens is 368 g/mol. The van der Waals surface area contributed by atoms with E-state index in [2.05, 4.69) is 10.4 Å². The van der Waals surface area contributed by atoms with Crippen molar-refractivity contribution < 1.29 is 9.59 Å². The molecule has 2 heterocycles. The van der Waals surface area contributed by atoms with E-state index >= 15 is 0 Å². The van der Waals surface area contributed by atoms with Crippen LogP contribution in [0.5, 0.6) is 0 Å². The van der Waals surface area contributed by atoms with E-state index in [0.717, 1.165) is 10.9 Å². The molecule has 0 spiro atoms. The summed E-state index contributed by atoms with van der Waals surface area (Å²) in [5.41, 5.74) is 1.36. The normalized spacial score (nSPS) is 16.7. The summed E-state index contributed by atoms with van der Waals surface area (Å²) >= 11 is 0. The lowest BCUT2D eigenvalue weighted by Gasteiger charge is -2.35. The maximum absolute atomic E-state index is 13.1. The van der Waals surface area contributed by atoms with Crippen LogP contribution in [0.1, 0.15) is 11.3 Å². The molecule has 1 atom stereocenters. The van der Waals surface area contributed by atoms with Crippen molar-refractivity contribution in [2.24, 2.45) is 0 Å². The van der Waals surface area contributed by atoms with Gasteiger partial charge in [0.25, 0.3) is 5.56 Å². The minimum Gasteiger partial charge on any atom is -0.353 e. The molecule has 1 aliphatic rings. The molecule has 148 valence electrons. The third kappa shape index (κ3) is 3.76. The van der Waals surface area contributed by atoms with Gasteiger partial charge in [0.05, 0.1) is 11.1 Å². The first-order valence-corrected chi connectivity index (χ1v) is 9.62. The van der Waals surface area contributed by atoms with Gasteiger partial charge in [-0.2, -0.15) is 5.10 Å². The second-order valence-corrected chi connectivity index (χ2v) is 7.18. The van der Waals surface area contributed by atoms with Crippen LogP contribution in [0.2, 0.25) is 0 Å². The van der Waals surface area contributed by atoms with Crippen LogP contribution >= 0.6 is 0 Å². The van der Waals surface area contributed by atoms with Gasteiger partial charge in [-0.3, -0.25) is 14.4 Å². The quantitative estimate of drug-likeness (QED) is 0.727. The first-order valence-electron chi connectivity index (χ1n) is 9.62. The van der Waals surface area contributed by atoms with E-state index < -0.39 is 6.04 Å². The van der Waals surface area contributed by atoms with Crippen molar-refractivity contribution in [3.05, 3.63) is 76.2 Å². The third-order valence-electron chi connectivity index (χ3n) is 5.26. The molecule has 29 heavy (non-hydrogen) atoms. The fraction of sp³-hybridized carbons (Fsp3) is 0.273. The number of benzene rings is 2. The fourth-order valence-corrected chi connectivity index (χ4v) is 3.78. The van der Waals surface area contributed by atoms with E-state index in [1.807, 2.05) is 49.4 Å². The minimum atomic E-state index is -0.601. The number of hydrogen-bond acceptors (Lipinski definition) is 4. The van der Waals surface area contributed by atoms with Crippen LogP contribution in [-0.4, -0.2) is 45.6 Å². The van der Waals surface area contributed by atoms with Crippen LogP contribution in [0.4, 0.5) is 0 Å². The number of nitrogens with zero attached hydrogens (tertiary/aromatic N) is 3. The summed E-state index contributed by atoms with van der Waals surface area (Å²) in [6.07, 6.45) is 0.428. The molecule has 1 aromatic heterocycles. The molecule has 7 nitrogen and oxygen atoms in total. The lowest BCUT2D eigenvalue weighted by Crippen LogP contribution is -2.58. The Kier molecular flexibility index (Phi) is 5.12. The molecule has 1 fully saturated rings. The van der Waals surface area contributed by atoms with Gasteiger partial charge in [0, 0.05) is 24.9 Å². The van der Waals surface area contributed by atoms with Gasteiger partial charge >= 0.3 is 0 Å². The van der Waals surface area contributed by atoms with Crippen LogP contribution < -0.4 is 10.9 Å². The number of piperazine rings is 1. The van der Waals surface area contributed by atoms with Crippen LogP contribution in [0.15, 0.2) is 59.4 Å². The van der Waals surface area contributed by atoms with E-state index in [4.69, 9.17) is 0 Å². The minimum absolute atomic E-state index is 0.177. The van der Waals surface area contributed by atoms with Crippen LogP contribution in [0.3, 0.4) is 0 Å². The number of carbonyl (C=O) groups excluding carboxylic acids is 2. The number of amides is 2. The molecule has 3 aromatic rings. The van der Waals surface area contributed by atoms with Crippen LogP contribution in [-0.2, 0) is 22.6 Å². The molecule has 7 heteroatoms. The molecule has 0 saturated carbocycles. The van der Waals surface area contributed by atoms with Gasteiger partial charge in [-0.25, -0.2) is 4.68 Å². The number of aryl methyl sites for hydroxylation is 1. The summed E-state index contributed by atoms with van der Waals surface area (Å²) in [4.78, 5) is 39.9. The Labute approximate surface area is 167 Å². The summed E-state index contributed by atoms with van der Waals surface area (Å²) in [6, 6.07) is 16.2. The van der Waals surface area contributed by atoms with Crippen molar-refractivity contribution in [1.82, 2.24) is 20.0 Å². The average molecular weight is 390 g/mol. The fourth-order valence-electron chi connectivity index (χ4n) is 3.78. The summed E-state index contributed by atoms with van der Waals surface area (Å²) in [7, 11) is 0. The molecule has 1 unspecified atom stereocenters. The number of fused-ring (bicyclic) bond motifs is 1. The molecule has 0 aliphatic carbocycles. The number of nitrogens with one attached hydrogen (secondary N) is 1. The van der Waals surface area contributed by atoms with Crippen molar-refractivity contribution in [3.63, 3.8) is 0 Å². The van der Waals surface area contributed by atoms with Crippen LogP contribution in [0.25, 0.3) is 10.8 Å². The van der Waals surface area contributed by atoms with Crippen molar-refractivity contribution in [2.45, 2.75) is 25.9 Å². The zero-order chi connectivity index (χ0) is 20.4. The summed E-state index contributed by atoms with van der Waals surface area (Å²) < 4.78 is 1.20. The molecule has 2 amide bonds. The van der Waals surface area contributed by atoms with Crippen molar-refractivity contribution in [2.75, 3.05) is 13.1 Å². The summed E-state index contributed by atoms with van der Waals surface area (Å²) in [5, 5.41) is 8.46. The predicted molar refractivity (Wildman–Crippen MR) is 109 cm³/mol. The van der Waals surface area contributed by atoms with Gasteiger partial charge in [-0.05, 0) is 18.6 Å². The number of rotatable bonds is 4. The average Bonchev–Trinajstić information content (AvgIpc) is 2.74. The largest absolute Gasteiger partial charge is 0.353 e. The maximum atomic E-state index is 13.1. The Morgan fingerprint density at radius 2 is 1.76 bits per heavy atom. The molecule has 4 rings (SSSR count). The predicted octanol–water partition coefficient (Wildman–Crippen LogP) is 1.27. The SMILES string of the molecule is Cc1nn(CC(=O)N2CCNC(=O)C2Cc2ccccc2)c(=O)c2ccccc12. The highest BCUT2D eigenvalue weighted by Gasteiger charge is 2.33. The van der Waals surface area contributed by atoms with Gasteiger partial charge in [0.15, 0.2) is 0 Å². The first kappa shape index (κ1) is 18.9. The van der Waals surface area contributed by atoms with E-state index in [-0.39, 0.29) is 23.9 Å². The van der Waals surface area contributed by atoms with Gasteiger partial charge in [0.1, 0.15) is 12.6 Å². The second kappa shape index (κ2) is 7.87. The Morgan fingerprint density at radius 1 is 1.07 bits per heavy atom. The van der Waals surface area contributed by atoms with E-state index in [9.17, 15) is 14.4 Å². The topological polar surface area (TPSA) is 84.3 Å². The van der Waals surface area contributed by atoms with Gasteiger partial charge in [-0.1, -0.05) is 48.5 Å². The van der Waals surface area contributed by atoms with Gasteiger partial charge in [0.2, 0.25) is 11.8 Å². The highest BCUT2D eigenvalue weighted by atomic mass is 16.2. The molecular formula is C22H22N4O3. The molecule has 0 bridgehead atoms. The van der Waals surface area contributed by atoms with Crippen molar-refractivity contribution in [1.29, 1.82) is 0 Å². The zero-order valence-electron chi connectivity index (χ0n) is 16.2. The first-order chi connectivity index (χ1) is 14.0. The molecule has 2 aromatic carbocycles. The zero-order valence-corrected chi connectivity index (χ0v) is 16.2. The Hall–Kier alpha value is -3.48. The van der Waals surface area contributed by atoms with E-state index in [0.29, 0.717) is 30.6 Å². The Bertz CT molecular complexity index is 1120. The lowest BCUT2D eigenvalue weighted by molar-refractivity contribution is -0.143. The Morgan fingerprint density at radius 3 is 2.52 bits per heavy atom. The monoisotopic (exact) mass is 390 g/mol. The van der Waals surface area contributed by atoms with Crippen molar-refractivity contribution >= 4 is 22.6 Å². The van der Waals surface area contributed by atoms with Crippen LogP contribution in [0, 0.1) is 6.92 Å². The van der Waals surface area contributed by atoms with Crippen molar-refractivity contribution in [3.8, 4) is 0 Å². The van der Waals surface area contributed by atoms with E-state index in [1.165, 1.54) is 4.68 Å². The molecule has 1 saturated heterocycles. The van der Waals surface area contributed by atoms with Gasteiger partial charge in [-0.15, -0.1) is 0 Å². The molecule has 0 radical (unpaired) electrons. The van der Waals surface area contributed by atoms with E-state index in [1.54, 1.807) is 17.0 Å². The standard InChI is InChI=1S/C22H22N4O3/c1-15-17-9-5-6-10-18(17)22(29)26(24-15)14-20(27)25-12-11-23-21(28)19(25)13-16-7-3-2-4-8-16/h2-10,19H,11-14H2,1H3,(H,23,28). The summed E-state index contributed by atoms with van der Waals surface area (Å²) in [5.74, 6) is -0.464. The molecule has 1 aliphatic heterocycles. The second-order valence-electron chi connectivity index (χ2n) is 7.18. The lowest BCUT2D eigenvalue weighted by atomic mass is 10.0. The number of aromatic nitrogens is 2.